The molecule has 4 aromatic rings. The van der Waals surface area contributed by atoms with Gasteiger partial charge in [-0.15, -0.1) is 11.1 Å². The molecule has 0 N–H and O–H groups in total. The molecule has 4 aromatic carbocycles. The summed E-state index contributed by atoms with van der Waals surface area (Å²) in [5, 5.41) is 0. The van der Waals surface area contributed by atoms with Crippen LogP contribution in [0.15, 0.2) is 109 Å². The van der Waals surface area contributed by atoms with E-state index in [1.807, 2.05) is 0 Å². The predicted octanol–water partition coefficient (Wildman–Crippen LogP) is 6.21. The molecule has 2 aliphatic carbocycles. The van der Waals surface area contributed by atoms with Gasteiger partial charge in [0, 0.05) is 0 Å². The quantitative estimate of drug-likeness (QED) is 0.191. The Labute approximate surface area is 326 Å². The molecule has 3 heteroatoms. The Morgan fingerprint density at radius 2 is 1.24 bits per heavy atom. The van der Waals surface area contributed by atoms with Crippen molar-refractivity contribution in [3.63, 3.8) is 0 Å². The molecular weight excluding hydrogens is 715 g/mol. The fraction of sp³-hybridized carbons (Fsp3) is 0.370. The molecule has 0 nitrogen and oxygen atoms in total. The van der Waals surface area contributed by atoms with Crippen molar-refractivity contribution in [2.24, 2.45) is 11.3 Å². The molecule has 0 spiro atoms. The zero-order chi connectivity index (χ0) is 34.4. The Bertz CT molecular complexity index is 1610. The number of hydrogen-bond acceptors (Lipinski definition) is 0. The van der Waals surface area contributed by atoms with Gasteiger partial charge in [0.05, 0.1) is 0 Å². The number of halogens is 2. The summed E-state index contributed by atoms with van der Waals surface area (Å²) < 4.78 is 1.42. The van der Waals surface area contributed by atoms with Crippen LogP contribution in [0.25, 0.3) is 11.1 Å². The summed E-state index contributed by atoms with van der Waals surface area (Å²) >= 11 is 1.46. The van der Waals surface area contributed by atoms with Crippen molar-refractivity contribution in [1.82, 2.24) is 0 Å². The van der Waals surface area contributed by atoms with Crippen LogP contribution in [-0.4, -0.2) is 3.21 Å². The molecular formula is C46H54Cl2Zr-2. The van der Waals surface area contributed by atoms with Crippen molar-refractivity contribution in [2.75, 3.05) is 0 Å². The van der Waals surface area contributed by atoms with Gasteiger partial charge in [0.15, 0.2) is 0 Å². The zero-order valence-electron chi connectivity index (χ0n) is 31.3. The Kier molecular flexibility index (Phi) is 16.0. The SMILES string of the molecule is CC(C)(C)c1[c-]c2c(cc1)-c1ccc(C(C)(C)C)cc1C2.CCCC1[C-]=CC(C(C)(C)C)=C1.[Cl-].[Cl-].[Zr+2]=[C](c1ccccc1)c1ccccc1. The molecule has 0 heterocycles. The van der Waals surface area contributed by atoms with Crippen molar-refractivity contribution in [3.8, 4) is 11.1 Å². The number of fused-ring (bicyclic) bond motifs is 3. The first-order valence-electron chi connectivity index (χ1n) is 17.3. The van der Waals surface area contributed by atoms with Gasteiger partial charge in [0.25, 0.3) is 0 Å². The van der Waals surface area contributed by atoms with E-state index in [2.05, 4.69) is 185 Å². The van der Waals surface area contributed by atoms with Crippen LogP contribution in [-0.2, 0) is 41.5 Å². The summed E-state index contributed by atoms with van der Waals surface area (Å²) in [7, 11) is 0. The summed E-state index contributed by atoms with van der Waals surface area (Å²) in [6.07, 6.45) is 11.4. The molecule has 0 radical (unpaired) electrons. The second-order valence-corrected chi connectivity index (χ2v) is 17.2. The average molecular weight is 769 g/mol. The first-order valence-corrected chi connectivity index (χ1v) is 18.5. The van der Waals surface area contributed by atoms with E-state index >= 15 is 0 Å². The second kappa shape index (κ2) is 18.3. The Balaban J connectivity index is 0.000000262. The van der Waals surface area contributed by atoms with Crippen molar-refractivity contribution in [1.29, 1.82) is 0 Å². The van der Waals surface area contributed by atoms with Gasteiger partial charge in [0.2, 0.25) is 0 Å². The third-order valence-electron chi connectivity index (χ3n) is 8.89. The van der Waals surface area contributed by atoms with E-state index in [1.54, 1.807) is 0 Å². The van der Waals surface area contributed by atoms with Gasteiger partial charge >= 0.3 is 99.2 Å². The van der Waals surface area contributed by atoms with E-state index in [0.717, 1.165) is 6.42 Å². The zero-order valence-corrected chi connectivity index (χ0v) is 35.2. The molecule has 6 rings (SSSR count). The maximum absolute atomic E-state index is 3.67. The molecule has 0 aliphatic heterocycles. The Morgan fingerprint density at radius 3 is 1.71 bits per heavy atom. The second-order valence-electron chi connectivity index (χ2n) is 16.0. The van der Waals surface area contributed by atoms with Crippen LogP contribution in [0.4, 0.5) is 0 Å². The van der Waals surface area contributed by atoms with Crippen molar-refractivity contribution < 1.29 is 49.0 Å². The van der Waals surface area contributed by atoms with Gasteiger partial charge in [-0.2, -0.15) is 35.4 Å². The predicted molar refractivity (Wildman–Crippen MR) is 201 cm³/mol. The van der Waals surface area contributed by atoms with Crippen LogP contribution in [0.5, 0.6) is 0 Å². The van der Waals surface area contributed by atoms with Crippen molar-refractivity contribution in [3.05, 3.63) is 154 Å². The van der Waals surface area contributed by atoms with Gasteiger partial charge in [0.1, 0.15) is 0 Å². The van der Waals surface area contributed by atoms with Crippen LogP contribution < -0.4 is 24.8 Å². The van der Waals surface area contributed by atoms with Crippen LogP contribution in [0, 0.1) is 23.5 Å². The van der Waals surface area contributed by atoms with Gasteiger partial charge in [-0.1, -0.05) is 117 Å². The van der Waals surface area contributed by atoms with E-state index in [4.69, 9.17) is 0 Å². The molecule has 0 amide bonds. The maximum atomic E-state index is 3.67. The minimum absolute atomic E-state index is 0. The summed E-state index contributed by atoms with van der Waals surface area (Å²) in [5.74, 6) is 0.587. The van der Waals surface area contributed by atoms with E-state index in [1.165, 1.54) is 90.4 Å². The van der Waals surface area contributed by atoms with E-state index < -0.39 is 0 Å². The monoisotopic (exact) mass is 766 g/mol. The molecule has 2 aliphatic rings. The fourth-order valence-electron chi connectivity index (χ4n) is 5.86. The van der Waals surface area contributed by atoms with Crippen molar-refractivity contribution >= 4 is 3.21 Å². The van der Waals surface area contributed by atoms with Crippen molar-refractivity contribution in [2.45, 2.75) is 99.3 Å². The summed E-state index contributed by atoms with van der Waals surface area (Å²) in [5.41, 5.74) is 13.1. The number of benzene rings is 4. The molecule has 0 saturated heterocycles. The average Bonchev–Trinajstić information content (AvgIpc) is 3.66. The van der Waals surface area contributed by atoms with E-state index in [9.17, 15) is 0 Å². The number of allylic oxidation sites excluding steroid dienone is 4. The van der Waals surface area contributed by atoms with Gasteiger partial charge in [-0.3, -0.25) is 6.08 Å². The van der Waals surface area contributed by atoms with E-state index in [-0.39, 0.29) is 35.6 Å². The molecule has 258 valence electrons. The molecule has 0 fully saturated rings. The molecule has 0 aromatic heterocycles. The number of hydrogen-bond donors (Lipinski definition) is 0. The van der Waals surface area contributed by atoms with Gasteiger partial charge < -0.3 is 24.8 Å². The Hall–Kier alpha value is -2.31. The molecule has 1 unspecified atom stereocenters. The normalized spacial score (nSPS) is 14.4. The third-order valence-corrected chi connectivity index (χ3v) is 10.3. The molecule has 0 bridgehead atoms. The van der Waals surface area contributed by atoms with Crippen LogP contribution in [0.2, 0.25) is 0 Å². The molecule has 1 atom stereocenters. The Morgan fingerprint density at radius 1 is 0.694 bits per heavy atom. The first-order chi connectivity index (χ1) is 22.1. The molecule has 49 heavy (non-hydrogen) atoms. The molecule has 0 saturated carbocycles. The topological polar surface area (TPSA) is 0 Å². The third kappa shape index (κ3) is 11.9. The fourth-order valence-corrected chi connectivity index (χ4v) is 6.68. The van der Waals surface area contributed by atoms with Gasteiger partial charge in [-0.25, -0.2) is 6.08 Å². The first kappa shape index (κ1) is 42.9. The van der Waals surface area contributed by atoms with Crippen LogP contribution >= 0.6 is 0 Å². The summed E-state index contributed by atoms with van der Waals surface area (Å²) in [6, 6.07) is 36.3. The number of rotatable bonds is 4. The van der Waals surface area contributed by atoms with Crippen LogP contribution in [0.1, 0.15) is 115 Å². The van der Waals surface area contributed by atoms with Gasteiger partial charge in [-0.05, 0) is 28.4 Å². The van der Waals surface area contributed by atoms with Crippen LogP contribution in [0.3, 0.4) is 0 Å². The minimum atomic E-state index is 0. The summed E-state index contributed by atoms with van der Waals surface area (Å²) in [4.78, 5) is 0. The summed E-state index contributed by atoms with van der Waals surface area (Å²) in [6.45, 7) is 22.6. The standard InChI is InChI=1S/C21H25.C13H10.C12H19.2ClH.Zr/c1-20(2,3)16-7-9-18-14(12-16)11-15-13-17(21(4,5)6)8-10-19(15)18;1-3-7-12(8-4-1)11-13-9-5-2-6-10-13;1-5-6-10-7-8-11(9-10)12(2,3)4;;;/h7-10,12H,11H2,1-6H3;1-10H;8-10H,5-6H2,1-4H3;2*1H;/q-1;;-1;;;+2/p-2. The van der Waals surface area contributed by atoms with E-state index in [0.29, 0.717) is 11.3 Å².